The van der Waals surface area contributed by atoms with Gasteiger partial charge in [-0.05, 0) is 38.5 Å². The molecular weight excluding hydrogens is 146 g/mol. The van der Waals surface area contributed by atoms with E-state index in [1.165, 1.54) is 19.5 Å². The average molecular weight is 167 g/mol. The molecule has 0 amide bonds. The first kappa shape index (κ1) is 8.55. The van der Waals surface area contributed by atoms with Crippen molar-refractivity contribution in [1.82, 2.24) is 4.90 Å². The zero-order valence-corrected chi connectivity index (χ0v) is 8.80. The molecule has 1 saturated heterocycles. The summed E-state index contributed by atoms with van der Waals surface area (Å²) in [7, 11) is 0. The quantitative estimate of drug-likeness (QED) is 0.579. The van der Waals surface area contributed by atoms with E-state index in [-0.39, 0.29) is 0 Å². The Labute approximate surface area is 76.1 Å². The molecule has 0 aromatic heterocycles. The molecule has 1 unspecified atom stereocenters. The second-order valence-corrected chi connectivity index (χ2v) is 5.48. The second kappa shape index (κ2) is 2.47. The lowest BCUT2D eigenvalue weighted by Crippen LogP contribution is -2.41. The van der Waals surface area contributed by atoms with Crippen LogP contribution in [-0.2, 0) is 0 Å². The Balaban J connectivity index is 1.90. The summed E-state index contributed by atoms with van der Waals surface area (Å²) in [6.45, 7) is 12.1. The summed E-state index contributed by atoms with van der Waals surface area (Å²) < 4.78 is 0. The molecule has 2 rings (SSSR count). The van der Waals surface area contributed by atoms with E-state index in [9.17, 15) is 0 Å². The summed E-state index contributed by atoms with van der Waals surface area (Å²) in [5.41, 5.74) is 0.408. The Hall–Kier alpha value is -0.0400. The third-order valence-corrected chi connectivity index (χ3v) is 3.79. The lowest BCUT2D eigenvalue weighted by atomic mass is 10.1. The zero-order chi connectivity index (χ0) is 8.93. The van der Waals surface area contributed by atoms with E-state index >= 15 is 0 Å². The van der Waals surface area contributed by atoms with Crippen molar-refractivity contribution < 1.29 is 0 Å². The van der Waals surface area contributed by atoms with Gasteiger partial charge in [0.15, 0.2) is 0 Å². The number of likely N-dealkylation sites (tertiary alicyclic amines) is 1. The molecule has 70 valence electrons. The van der Waals surface area contributed by atoms with Crippen molar-refractivity contribution in [2.24, 2.45) is 17.8 Å². The first-order valence-electron chi connectivity index (χ1n) is 5.29. The minimum atomic E-state index is 0.408. The Bertz CT molecular complexity index is 168. The Morgan fingerprint density at radius 2 is 1.67 bits per heavy atom. The van der Waals surface area contributed by atoms with Crippen molar-refractivity contribution >= 4 is 0 Å². The third kappa shape index (κ3) is 1.19. The van der Waals surface area contributed by atoms with Gasteiger partial charge in [-0.15, -0.1) is 0 Å². The minimum absolute atomic E-state index is 0.408. The van der Waals surface area contributed by atoms with Gasteiger partial charge in [-0.2, -0.15) is 0 Å². The van der Waals surface area contributed by atoms with E-state index in [4.69, 9.17) is 0 Å². The van der Waals surface area contributed by atoms with Crippen LogP contribution in [0.15, 0.2) is 0 Å². The monoisotopic (exact) mass is 167 g/mol. The fourth-order valence-electron chi connectivity index (χ4n) is 2.80. The van der Waals surface area contributed by atoms with E-state index in [2.05, 4.69) is 32.6 Å². The van der Waals surface area contributed by atoms with Crippen LogP contribution < -0.4 is 0 Å². The Kier molecular flexibility index (Phi) is 1.76. The van der Waals surface area contributed by atoms with Crippen LogP contribution in [0.3, 0.4) is 0 Å². The summed E-state index contributed by atoms with van der Waals surface area (Å²) in [5, 5.41) is 0. The summed E-state index contributed by atoms with van der Waals surface area (Å²) in [6.07, 6.45) is 1.41. The number of nitrogens with zero attached hydrogens (tertiary/aromatic N) is 1. The largest absolute Gasteiger partial charge is 0.298 e. The standard InChI is InChI=1S/C11H21N/c1-5-8-9-6-12(7-10(8)9)11(2,3)4/h8-10H,5-7H2,1-4H3/t8?,9-,10+. The topological polar surface area (TPSA) is 3.24 Å². The fourth-order valence-corrected chi connectivity index (χ4v) is 2.80. The highest BCUT2D eigenvalue weighted by Crippen LogP contribution is 2.54. The predicted molar refractivity (Wildman–Crippen MR) is 52.1 cm³/mol. The third-order valence-electron chi connectivity index (χ3n) is 3.79. The molecule has 2 fully saturated rings. The molecule has 0 aromatic rings. The molecule has 0 aromatic carbocycles. The average Bonchev–Trinajstić information content (AvgIpc) is 2.39. The highest BCUT2D eigenvalue weighted by Gasteiger charge is 2.55. The van der Waals surface area contributed by atoms with Gasteiger partial charge in [-0.3, -0.25) is 4.90 Å². The number of rotatable bonds is 1. The highest BCUT2D eigenvalue weighted by molar-refractivity contribution is 5.06. The van der Waals surface area contributed by atoms with Gasteiger partial charge in [-0.1, -0.05) is 13.3 Å². The maximum atomic E-state index is 2.65. The van der Waals surface area contributed by atoms with Gasteiger partial charge in [0, 0.05) is 18.6 Å². The van der Waals surface area contributed by atoms with Crippen LogP contribution in [0, 0.1) is 17.8 Å². The summed E-state index contributed by atoms with van der Waals surface area (Å²) in [6, 6.07) is 0. The van der Waals surface area contributed by atoms with Crippen LogP contribution in [0.2, 0.25) is 0 Å². The first-order chi connectivity index (χ1) is 5.54. The van der Waals surface area contributed by atoms with Crippen LogP contribution in [0.4, 0.5) is 0 Å². The molecule has 1 heteroatoms. The van der Waals surface area contributed by atoms with Crippen LogP contribution in [0.1, 0.15) is 34.1 Å². The maximum absolute atomic E-state index is 2.65. The summed E-state index contributed by atoms with van der Waals surface area (Å²) >= 11 is 0. The van der Waals surface area contributed by atoms with E-state index < -0.39 is 0 Å². The fraction of sp³-hybridized carbons (Fsp3) is 1.00. The molecule has 1 aliphatic carbocycles. The minimum Gasteiger partial charge on any atom is -0.298 e. The summed E-state index contributed by atoms with van der Waals surface area (Å²) in [4.78, 5) is 2.65. The van der Waals surface area contributed by atoms with E-state index in [0.29, 0.717) is 5.54 Å². The van der Waals surface area contributed by atoms with Gasteiger partial charge in [0.25, 0.3) is 0 Å². The van der Waals surface area contributed by atoms with Crippen LogP contribution >= 0.6 is 0 Å². The molecule has 12 heavy (non-hydrogen) atoms. The molecule has 1 saturated carbocycles. The van der Waals surface area contributed by atoms with Crippen LogP contribution in [-0.4, -0.2) is 23.5 Å². The molecule has 0 radical (unpaired) electrons. The molecule has 0 bridgehead atoms. The Morgan fingerprint density at radius 1 is 1.17 bits per heavy atom. The molecular formula is C11H21N. The van der Waals surface area contributed by atoms with Gasteiger partial charge < -0.3 is 0 Å². The van der Waals surface area contributed by atoms with E-state index in [1.54, 1.807) is 0 Å². The summed E-state index contributed by atoms with van der Waals surface area (Å²) in [5.74, 6) is 3.21. The van der Waals surface area contributed by atoms with Crippen molar-refractivity contribution in [2.75, 3.05) is 13.1 Å². The van der Waals surface area contributed by atoms with Gasteiger partial charge in [0.2, 0.25) is 0 Å². The zero-order valence-electron chi connectivity index (χ0n) is 8.80. The number of fused-ring (bicyclic) bond motifs is 1. The smallest absolute Gasteiger partial charge is 0.0125 e. The van der Waals surface area contributed by atoms with Gasteiger partial charge in [0.1, 0.15) is 0 Å². The lowest BCUT2D eigenvalue weighted by Gasteiger charge is -2.33. The van der Waals surface area contributed by atoms with Crippen molar-refractivity contribution in [1.29, 1.82) is 0 Å². The van der Waals surface area contributed by atoms with Crippen molar-refractivity contribution in [3.63, 3.8) is 0 Å². The lowest BCUT2D eigenvalue weighted by molar-refractivity contribution is 0.146. The highest BCUT2D eigenvalue weighted by atomic mass is 15.2. The first-order valence-corrected chi connectivity index (χ1v) is 5.29. The number of hydrogen-bond donors (Lipinski definition) is 0. The van der Waals surface area contributed by atoms with Crippen molar-refractivity contribution in [2.45, 2.75) is 39.7 Å². The maximum Gasteiger partial charge on any atom is 0.0125 e. The normalized spacial score (nSPS) is 41.5. The number of piperidine rings is 1. The molecule has 0 N–H and O–H groups in total. The molecule has 1 heterocycles. The molecule has 1 nitrogen and oxygen atoms in total. The molecule has 1 aliphatic heterocycles. The van der Waals surface area contributed by atoms with Crippen LogP contribution in [0.25, 0.3) is 0 Å². The van der Waals surface area contributed by atoms with Crippen LogP contribution in [0.5, 0.6) is 0 Å². The van der Waals surface area contributed by atoms with Crippen molar-refractivity contribution in [3.8, 4) is 0 Å². The number of hydrogen-bond acceptors (Lipinski definition) is 1. The van der Waals surface area contributed by atoms with Gasteiger partial charge in [-0.25, -0.2) is 0 Å². The molecule has 0 spiro atoms. The van der Waals surface area contributed by atoms with Crippen molar-refractivity contribution in [3.05, 3.63) is 0 Å². The van der Waals surface area contributed by atoms with E-state index in [1.807, 2.05) is 0 Å². The van der Waals surface area contributed by atoms with Gasteiger partial charge >= 0.3 is 0 Å². The van der Waals surface area contributed by atoms with E-state index in [0.717, 1.165) is 17.8 Å². The SMILES string of the molecule is CCC1[C@H]2CN(C(C)(C)C)C[C@@H]12. The Morgan fingerprint density at radius 3 is 2.00 bits per heavy atom. The molecule has 2 aliphatic rings. The van der Waals surface area contributed by atoms with Gasteiger partial charge in [0.05, 0.1) is 0 Å². The predicted octanol–water partition coefficient (Wildman–Crippen LogP) is 2.37. The molecule has 3 atom stereocenters. The second-order valence-electron chi connectivity index (χ2n) is 5.48.